The number of sulfonamides is 1. The number of amidine groups is 1. The molecule has 34 heavy (non-hydrogen) atoms. The van der Waals surface area contributed by atoms with Gasteiger partial charge in [0.1, 0.15) is 5.84 Å². The average Bonchev–Trinajstić information content (AvgIpc) is 2.84. The SMILES string of the molecule is N=C(N)c1ccc(NC(=O)c2ccc(C(=O)NCCNNS(=O)(=O)c3ccccc3)cc2)cc1. The zero-order chi connectivity index (χ0) is 24.6. The molecule has 0 atom stereocenters. The van der Waals surface area contributed by atoms with Crippen LogP contribution in [0.5, 0.6) is 0 Å². The van der Waals surface area contributed by atoms with Gasteiger partial charge >= 0.3 is 0 Å². The molecular formula is C23H24N6O4S. The van der Waals surface area contributed by atoms with Crippen LogP contribution >= 0.6 is 0 Å². The van der Waals surface area contributed by atoms with Crippen molar-refractivity contribution in [3.8, 4) is 0 Å². The van der Waals surface area contributed by atoms with E-state index < -0.39 is 10.0 Å². The van der Waals surface area contributed by atoms with Gasteiger partial charge in [0.15, 0.2) is 0 Å². The van der Waals surface area contributed by atoms with Crippen LogP contribution in [-0.4, -0.2) is 39.2 Å². The fourth-order valence-electron chi connectivity index (χ4n) is 2.85. The first-order valence-corrected chi connectivity index (χ1v) is 11.7. The molecular weight excluding hydrogens is 456 g/mol. The maximum atomic E-state index is 12.4. The lowest BCUT2D eigenvalue weighted by Gasteiger charge is -2.10. The number of hydrogen-bond acceptors (Lipinski definition) is 6. The summed E-state index contributed by atoms with van der Waals surface area (Å²) in [6.07, 6.45) is 0. The van der Waals surface area contributed by atoms with Crippen LogP contribution in [0.15, 0.2) is 83.8 Å². The molecule has 0 bridgehead atoms. The maximum absolute atomic E-state index is 12.4. The summed E-state index contributed by atoms with van der Waals surface area (Å²) >= 11 is 0. The number of nitrogens with two attached hydrogens (primary N) is 1. The maximum Gasteiger partial charge on any atom is 0.255 e. The van der Waals surface area contributed by atoms with Crippen LogP contribution in [0.4, 0.5) is 5.69 Å². The Morgan fingerprint density at radius 3 is 1.91 bits per heavy atom. The first-order chi connectivity index (χ1) is 16.3. The molecule has 0 radical (unpaired) electrons. The summed E-state index contributed by atoms with van der Waals surface area (Å²) in [5, 5.41) is 12.8. The summed E-state index contributed by atoms with van der Waals surface area (Å²) in [6, 6.07) is 20.6. The van der Waals surface area contributed by atoms with Crippen molar-refractivity contribution < 1.29 is 18.0 Å². The minimum atomic E-state index is -3.68. The summed E-state index contributed by atoms with van der Waals surface area (Å²) in [5.74, 6) is -0.770. The van der Waals surface area contributed by atoms with Crippen LogP contribution in [0, 0.1) is 5.41 Å². The molecule has 3 rings (SSSR count). The van der Waals surface area contributed by atoms with E-state index in [9.17, 15) is 18.0 Å². The Kier molecular flexibility index (Phi) is 8.09. The molecule has 3 aromatic rings. The van der Waals surface area contributed by atoms with E-state index in [1.807, 2.05) is 0 Å². The summed E-state index contributed by atoms with van der Waals surface area (Å²) in [5.41, 5.74) is 9.80. The van der Waals surface area contributed by atoms with Gasteiger partial charge in [0.2, 0.25) is 0 Å². The third-order valence-electron chi connectivity index (χ3n) is 4.66. The van der Waals surface area contributed by atoms with Crippen molar-refractivity contribution in [3.05, 3.63) is 95.6 Å². The second-order valence-electron chi connectivity index (χ2n) is 7.12. The second-order valence-corrected chi connectivity index (χ2v) is 8.81. The first-order valence-electron chi connectivity index (χ1n) is 10.2. The third kappa shape index (κ3) is 6.72. The van der Waals surface area contributed by atoms with Crippen molar-refractivity contribution in [2.75, 3.05) is 18.4 Å². The van der Waals surface area contributed by atoms with Gasteiger partial charge in [-0.05, 0) is 60.7 Å². The molecule has 0 saturated heterocycles. The molecule has 0 heterocycles. The number of nitrogen functional groups attached to an aromatic ring is 1. The zero-order valence-electron chi connectivity index (χ0n) is 18.0. The molecule has 176 valence electrons. The van der Waals surface area contributed by atoms with E-state index in [4.69, 9.17) is 11.1 Å². The Balaban J connectivity index is 1.44. The van der Waals surface area contributed by atoms with Gasteiger partial charge in [-0.25, -0.2) is 13.8 Å². The lowest BCUT2D eigenvalue weighted by atomic mass is 10.1. The molecule has 0 aliphatic carbocycles. The Bertz CT molecular complexity index is 1260. The highest BCUT2D eigenvalue weighted by atomic mass is 32.2. The van der Waals surface area contributed by atoms with E-state index in [1.54, 1.807) is 42.5 Å². The van der Waals surface area contributed by atoms with Crippen molar-refractivity contribution in [2.45, 2.75) is 4.90 Å². The Morgan fingerprint density at radius 1 is 0.765 bits per heavy atom. The van der Waals surface area contributed by atoms with E-state index in [2.05, 4.69) is 20.9 Å². The third-order valence-corrected chi connectivity index (χ3v) is 5.96. The Morgan fingerprint density at radius 2 is 1.32 bits per heavy atom. The highest BCUT2D eigenvalue weighted by Crippen LogP contribution is 2.12. The lowest BCUT2D eigenvalue weighted by molar-refractivity contribution is 0.0952. The average molecular weight is 481 g/mol. The molecule has 0 aromatic heterocycles. The highest BCUT2D eigenvalue weighted by Gasteiger charge is 2.12. The standard InChI is InChI=1S/C23H24N6O4S/c24-21(25)16-10-12-19(13-11-16)28-23(31)18-8-6-17(7-9-18)22(30)26-14-15-27-29-34(32,33)20-4-2-1-3-5-20/h1-13,27,29H,14-15H2,(H3,24,25)(H,26,30)(H,28,31). The monoisotopic (exact) mass is 480 g/mol. The van der Waals surface area contributed by atoms with Crippen LogP contribution in [0.3, 0.4) is 0 Å². The molecule has 0 aliphatic rings. The van der Waals surface area contributed by atoms with Gasteiger partial charge in [-0.1, -0.05) is 18.2 Å². The van der Waals surface area contributed by atoms with Crippen molar-refractivity contribution in [1.82, 2.24) is 15.6 Å². The molecule has 10 nitrogen and oxygen atoms in total. The second kappa shape index (κ2) is 11.2. The first kappa shape index (κ1) is 24.6. The molecule has 3 aromatic carbocycles. The van der Waals surface area contributed by atoms with Gasteiger partial charge in [-0.2, -0.15) is 0 Å². The normalized spacial score (nSPS) is 10.9. The van der Waals surface area contributed by atoms with Crippen molar-refractivity contribution >= 4 is 33.4 Å². The molecule has 0 saturated carbocycles. The summed E-state index contributed by atoms with van der Waals surface area (Å²) in [4.78, 5) is 27.1. The van der Waals surface area contributed by atoms with Crippen LogP contribution < -0.4 is 26.6 Å². The number of carbonyl (C=O) groups is 2. The number of benzene rings is 3. The fourth-order valence-corrected chi connectivity index (χ4v) is 3.78. The van der Waals surface area contributed by atoms with Gasteiger partial charge in [-0.15, -0.1) is 4.83 Å². The van der Waals surface area contributed by atoms with E-state index in [1.165, 1.54) is 36.4 Å². The lowest BCUT2D eigenvalue weighted by Crippen LogP contribution is -2.42. The largest absolute Gasteiger partial charge is 0.384 e. The van der Waals surface area contributed by atoms with Crippen LogP contribution in [0.25, 0.3) is 0 Å². The van der Waals surface area contributed by atoms with Gasteiger partial charge in [0, 0.05) is 35.5 Å². The zero-order valence-corrected chi connectivity index (χ0v) is 18.9. The number of hydrogen-bond donors (Lipinski definition) is 6. The summed E-state index contributed by atoms with van der Waals surface area (Å²) in [7, 11) is -3.68. The molecule has 0 spiro atoms. The number of amides is 2. The van der Waals surface area contributed by atoms with Crippen molar-refractivity contribution in [3.63, 3.8) is 0 Å². The number of anilines is 1. The molecule has 2 amide bonds. The molecule has 0 unspecified atom stereocenters. The van der Waals surface area contributed by atoms with Crippen molar-refractivity contribution in [2.24, 2.45) is 5.73 Å². The van der Waals surface area contributed by atoms with Gasteiger partial charge in [-0.3, -0.25) is 15.0 Å². The highest BCUT2D eigenvalue weighted by molar-refractivity contribution is 7.89. The molecule has 0 fully saturated rings. The predicted octanol–water partition coefficient (Wildman–Crippen LogP) is 1.44. The molecule has 0 aliphatic heterocycles. The van der Waals surface area contributed by atoms with Gasteiger partial charge in [0.25, 0.3) is 21.8 Å². The number of rotatable bonds is 10. The van der Waals surface area contributed by atoms with Gasteiger partial charge < -0.3 is 16.4 Å². The fraction of sp³-hybridized carbons (Fsp3) is 0.0870. The van der Waals surface area contributed by atoms with Crippen LogP contribution in [-0.2, 0) is 10.0 Å². The number of nitrogens with one attached hydrogen (secondary N) is 5. The van der Waals surface area contributed by atoms with Crippen LogP contribution in [0.2, 0.25) is 0 Å². The Labute approximate surface area is 197 Å². The van der Waals surface area contributed by atoms with Gasteiger partial charge in [0.05, 0.1) is 4.90 Å². The minimum absolute atomic E-state index is 0.0593. The predicted molar refractivity (Wildman–Crippen MR) is 129 cm³/mol. The number of carbonyl (C=O) groups excluding carboxylic acids is 2. The minimum Gasteiger partial charge on any atom is -0.384 e. The Hall–Kier alpha value is -4.06. The summed E-state index contributed by atoms with van der Waals surface area (Å²) in [6.45, 7) is 0.343. The molecule has 7 N–H and O–H groups in total. The topological polar surface area (TPSA) is 166 Å². The molecule has 11 heteroatoms. The van der Waals surface area contributed by atoms with Crippen LogP contribution in [0.1, 0.15) is 26.3 Å². The van der Waals surface area contributed by atoms with E-state index in [0.717, 1.165) is 0 Å². The summed E-state index contributed by atoms with van der Waals surface area (Å²) < 4.78 is 24.2. The van der Waals surface area contributed by atoms with E-state index >= 15 is 0 Å². The smallest absolute Gasteiger partial charge is 0.255 e. The quantitative estimate of drug-likeness (QED) is 0.111. The van der Waals surface area contributed by atoms with E-state index in [-0.39, 0.29) is 35.6 Å². The van der Waals surface area contributed by atoms with E-state index in [0.29, 0.717) is 22.4 Å². The number of hydrazine groups is 1. The van der Waals surface area contributed by atoms with Crippen molar-refractivity contribution in [1.29, 1.82) is 5.41 Å².